The van der Waals surface area contributed by atoms with Crippen LogP contribution < -0.4 is 5.32 Å². The predicted molar refractivity (Wildman–Crippen MR) is 92.5 cm³/mol. The number of hydrogen-bond acceptors (Lipinski definition) is 2. The van der Waals surface area contributed by atoms with Gasteiger partial charge in [-0.2, -0.15) is 0 Å². The molecule has 1 saturated heterocycles. The maximum atomic E-state index is 12.4. The third-order valence-corrected chi connectivity index (χ3v) is 4.92. The molecule has 2 rings (SSSR count). The van der Waals surface area contributed by atoms with Crippen LogP contribution in [0.2, 0.25) is 0 Å². The number of benzene rings is 1. The van der Waals surface area contributed by atoms with E-state index in [1.54, 1.807) is 0 Å². The van der Waals surface area contributed by atoms with Crippen molar-refractivity contribution in [1.29, 1.82) is 0 Å². The van der Waals surface area contributed by atoms with Gasteiger partial charge in [-0.3, -0.25) is 4.79 Å². The van der Waals surface area contributed by atoms with Gasteiger partial charge in [0.15, 0.2) is 0 Å². The van der Waals surface area contributed by atoms with Crippen LogP contribution in [0, 0.1) is 0 Å². The maximum Gasteiger partial charge on any atom is 0.317 e. The topological polar surface area (TPSA) is 69.6 Å². The summed E-state index contributed by atoms with van der Waals surface area (Å²) in [6.45, 7) is 1.17. The summed E-state index contributed by atoms with van der Waals surface area (Å²) in [5, 5.41) is 11.5. The van der Waals surface area contributed by atoms with E-state index >= 15 is 0 Å². The van der Waals surface area contributed by atoms with Crippen LogP contribution in [0.3, 0.4) is 0 Å². The molecular formula is C17H23BrN2O3. The SMILES string of the molecule is O=C(O)CCCNC(=O)N1CCCCC1Cc1ccccc1Br. The van der Waals surface area contributed by atoms with Gasteiger partial charge in [-0.25, -0.2) is 4.79 Å². The number of nitrogens with zero attached hydrogens (tertiary/aromatic N) is 1. The molecule has 1 fully saturated rings. The fourth-order valence-electron chi connectivity index (χ4n) is 2.93. The molecule has 1 unspecified atom stereocenters. The monoisotopic (exact) mass is 382 g/mol. The molecule has 1 aromatic rings. The normalized spacial score (nSPS) is 17.8. The van der Waals surface area contributed by atoms with Crippen molar-refractivity contribution in [2.45, 2.75) is 44.6 Å². The number of carbonyl (C=O) groups excluding carboxylic acids is 1. The summed E-state index contributed by atoms with van der Waals surface area (Å²) in [4.78, 5) is 24.8. The molecule has 1 atom stereocenters. The molecule has 0 aromatic heterocycles. The molecule has 2 amide bonds. The highest BCUT2D eigenvalue weighted by Gasteiger charge is 2.27. The minimum Gasteiger partial charge on any atom is -0.481 e. The van der Waals surface area contributed by atoms with Crippen LogP contribution in [-0.4, -0.2) is 41.1 Å². The Balaban J connectivity index is 1.91. The standard InChI is InChI=1S/C17H23BrN2O3/c18-15-8-2-1-6-13(15)12-14-7-3-4-11-20(14)17(23)19-10-5-9-16(21)22/h1-2,6,8,14H,3-5,7,9-12H2,(H,19,23)(H,21,22). The largest absolute Gasteiger partial charge is 0.481 e. The lowest BCUT2D eigenvalue weighted by Gasteiger charge is -2.36. The third kappa shape index (κ3) is 5.53. The number of aliphatic carboxylic acids is 1. The Morgan fingerprint density at radius 1 is 1.30 bits per heavy atom. The Labute approximate surface area is 145 Å². The maximum absolute atomic E-state index is 12.4. The molecule has 1 heterocycles. The van der Waals surface area contributed by atoms with Crippen molar-refractivity contribution in [3.63, 3.8) is 0 Å². The van der Waals surface area contributed by atoms with Crippen molar-refractivity contribution in [3.05, 3.63) is 34.3 Å². The van der Waals surface area contributed by atoms with E-state index in [0.717, 1.165) is 36.7 Å². The van der Waals surface area contributed by atoms with E-state index in [9.17, 15) is 9.59 Å². The second kappa shape index (κ2) is 8.91. The fourth-order valence-corrected chi connectivity index (χ4v) is 3.38. The molecule has 5 nitrogen and oxygen atoms in total. The van der Waals surface area contributed by atoms with Crippen molar-refractivity contribution in [2.24, 2.45) is 0 Å². The van der Waals surface area contributed by atoms with Gasteiger partial charge < -0.3 is 15.3 Å². The van der Waals surface area contributed by atoms with E-state index in [0.29, 0.717) is 13.0 Å². The van der Waals surface area contributed by atoms with Gasteiger partial charge in [-0.1, -0.05) is 34.1 Å². The van der Waals surface area contributed by atoms with Crippen molar-refractivity contribution in [3.8, 4) is 0 Å². The molecule has 0 saturated carbocycles. The molecule has 126 valence electrons. The summed E-state index contributed by atoms with van der Waals surface area (Å²) in [7, 11) is 0. The van der Waals surface area contributed by atoms with Crippen molar-refractivity contribution < 1.29 is 14.7 Å². The molecule has 6 heteroatoms. The second-order valence-corrected chi connectivity index (χ2v) is 6.72. The number of piperidine rings is 1. The first-order chi connectivity index (χ1) is 11.1. The smallest absolute Gasteiger partial charge is 0.317 e. The number of carboxylic acids is 1. The first-order valence-electron chi connectivity index (χ1n) is 8.07. The number of amides is 2. The van der Waals surface area contributed by atoms with E-state index in [1.165, 1.54) is 5.56 Å². The Hall–Kier alpha value is -1.56. The van der Waals surface area contributed by atoms with Gasteiger partial charge in [0.25, 0.3) is 0 Å². The molecule has 1 aliphatic rings. The lowest BCUT2D eigenvalue weighted by atomic mass is 9.96. The highest BCUT2D eigenvalue weighted by molar-refractivity contribution is 9.10. The molecule has 0 radical (unpaired) electrons. The molecule has 1 aromatic carbocycles. The van der Waals surface area contributed by atoms with Crippen LogP contribution in [0.15, 0.2) is 28.7 Å². The van der Waals surface area contributed by atoms with Crippen molar-refractivity contribution in [1.82, 2.24) is 10.2 Å². The molecule has 1 aliphatic heterocycles. The Kier molecular flexibility index (Phi) is 6.89. The fraction of sp³-hybridized carbons (Fsp3) is 0.529. The van der Waals surface area contributed by atoms with Gasteiger partial charge in [0.05, 0.1) is 0 Å². The summed E-state index contributed by atoms with van der Waals surface area (Å²) < 4.78 is 1.08. The van der Waals surface area contributed by atoms with E-state index in [1.807, 2.05) is 23.1 Å². The number of halogens is 1. The quantitative estimate of drug-likeness (QED) is 0.740. The molecule has 23 heavy (non-hydrogen) atoms. The Morgan fingerprint density at radius 3 is 2.83 bits per heavy atom. The predicted octanol–water partition coefficient (Wildman–Crippen LogP) is 3.42. The van der Waals surface area contributed by atoms with Gasteiger partial charge >= 0.3 is 12.0 Å². The number of likely N-dealkylation sites (tertiary alicyclic amines) is 1. The summed E-state index contributed by atoms with van der Waals surface area (Å²) in [6, 6.07) is 8.23. The average Bonchev–Trinajstić information content (AvgIpc) is 2.54. The molecule has 0 aliphatic carbocycles. The zero-order chi connectivity index (χ0) is 16.7. The number of hydrogen-bond donors (Lipinski definition) is 2. The van der Waals surface area contributed by atoms with Crippen molar-refractivity contribution >= 4 is 27.9 Å². The molecule has 0 bridgehead atoms. The van der Waals surface area contributed by atoms with Gasteiger partial charge in [0, 0.05) is 30.0 Å². The summed E-state index contributed by atoms with van der Waals surface area (Å²) in [5.74, 6) is -0.830. The molecule has 0 spiro atoms. The van der Waals surface area contributed by atoms with E-state index in [4.69, 9.17) is 5.11 Å². The lowest BCUT2D eigenvalue weighted by molar-refractivity contribution is -0.137. The van der Waals surface area contributed by atoms with Crippen LogP contribution in [0.25, 0.3) is 0 Å². The van der Waals surface area contributed by atoms with E-state index in [2.05, 4.69) is 27.3 Å². The number of carbonyl (C=O) groups is 2. The van der Waals surface area contributed by atoms with Crippen LogP contribution in [0.5, 0.6) is 0 Å². The molecular weight excluding hydrogens is 360 g/mol. The van der Waals surface area contributed by atoms with Crippen molar-refractivity contribution in [2.75, 3.05) is 13.1 Å². The minimum absolute atomic E-state index is 0.0767. The number of nitrogens with one attached hydrogen (secondary N) is 1. The first kappa shape index (κ1) is 17.8. The lowest BCUT2D eigenvalue weighted by Crippen LogP contribution is -2.49. The van der Waals surface area contributed by atoms with E-state index in [-0.39, 0.29) is 18.5 Å². The van der Waals surface area contributed by atoms with Crippen LogP contribution in [0.4, 0.5) is 4.79 Å². The summed E-state index contributed by atoms with van der Waals surface area (Å²) in [5.41, 5.74) is 1.21. The van der Waals surface area contributed by atoms with Crippen LogP contribution in [0.1, 0.15) is 37.7 Å². The average molecular weight is 383 g/mol. The van der Waals surface area contributed by atoms with Crippen LogP contribution in [-0.2, 0) is 11.2 Å². The molecule has 2 N–H and O–H groups in total. The van der Waals surface area contributed by atoms with Gasteiger partial charge in [0.1, 0.15) is 0 Å². The highest BCUT2D eigenvalue weighted by Crippen LogP contribution is 2.24. The summed E-state index contributed by atoms with van der Waals surface area (Å²) in [6.07, 6.45) is 4.55. The number of carboxylic acid groups (broad SMARTS) is 1. The third-order valence-electron chi connectivity index (χ3n) is 4.15. The van der Waals surface area contributed by atoms with E-state index < -0.39 is 5.97 Å². The summed E-state index contributed by atoms with van der Waals surface area (Å²) >= 11 is 3.57. The van der Waals surface area contributed by atoms with Crippen LogP contribution >= 0.6 is 15.9 Å². The Morgan fingerprint density at radius 2 is 2.09 bits per heavy atom. The number of urea groups is 1. The number of rotatable bonds is 6. The zero-order valence-electron chi connectivity index (χ0n) is 13.1. The van der Waals surface area contributed by atoms with Gasteiger partial charge in [-0.15, -0.1) is 0 Å². The highest BCUT2D eigenvalue weighted by atomic mass is 79.9. The second-order valence-electron chi connectivity index (χ2n) is 5.87. The zero-order valence-corrected chi connectivity index (χ0v) is 14.7. The van der Waals surface area contributed by atoms with Gasteiger partial charge in [-0.05, 0) is 43.7 Å². The minimum atomic E-state index is -0.830. The Bertz CT molecular complexity index is 550. The first-order valence-corrected chi connectivity index (χ1v) is 8.87. The van der Waals surface area contributed by atoms with Gasteiger partial charge in [0.2, 0.25) is 0 Å².